The summed E-state index contributed by atoms with van der Waals surface area (Å²) in [5.41, 5.74) is 4.14. The highest BCUT2D eigenvalue weighted by atomic mass is 16.4. The average Bonchev–Trinajstić information content (AvgIpc) is 2.25. The maximum absolute atomic E-state index is 11.1. The van der Waals surface area contributed by atoms with E-state index in [-0.39, 0.29) is 5.41 Å². The van der Waals surface area contributed by atoms with Gasteiger partial charge in [0.25, 0.3) is 0 Å². The van der Waals surface area contributed by atoms with Crippen LogP contribution in [0.4, 0.5) is 0 Å². The van der Waals surface area contributed by atoms with Gasteiger partial charge in [0, 0.05) is 6.54 Å². The van der Waals surface area contributed by atoms with E-state index in [9.17, 15) is 4.79 Å². The van der Waals surface area contributed by atoms with Gasteiger partial charge in [0.1, 0.15) is 5.54 Å². The van der Waals surface area contributed by atoms with Crippen molar-refractivity contribution in [2.75, 3.05) is 0 Å². The molecule has 0 spiro atoms. The number of carboxylic acid groups (broad SMARTS) is 1. The zero-order chi connectivity index (χ0) is 15.7. The first-order chi connectivity index (χ1) is 8.95. The van der Waals surface area contributed by atoms with Crippen LogP contribution < -0.4 is 5.32 Å². The Morgan fingerprint density at radius 1 is 1.10 bits per heavy atom. The van der Waals surface area contributed by atoms with Gasteiger partial charge in [-0.25, -0.2) is 0 Å². The summed E-state index contributed by atoms with van der Waals surface area (Å²) in [6.07, 6.45) is 0. The SMILES string of the molecule is Cc1cc(C(C)(C)C)cc(C)c1CNC(C)(C)C(=O)O. The number of carbonyl (C=O) groups is 1. The van der Waals surface area contributed by atoms with Crippen molar-refractivity contribution < 1.29 is 9.90 Å². The maximum Gasteiger partial charge on any atom is 0.323 e. The molecule has 3 nitrogen and oxygen atoms in total. The molecule has 0 aliphatic heterocycles. The number of aryl methyl sites for hydroxylation is 2. The summed E-state index contributed by atoms with van der Waals surface area (Å²) in [5.74, 6) is -0.834. The highest BCUT2D eigenvalue weighted by molar-refractivity contribution is 5.77. The molecular weight excluding hydrogens is 250 g/mol. The fourth-order valence-electron chi connectivity index (χ4n) is 2.09. The van der Waals surface area contributed by atoms with E-state index in [0.717, 1.165) is 0 Å². The predicted molar refractivity (Wildman–Crippen MR) is 83.2 cm³/mol. The van der Waals surface area contributed by atoms with E-state index in [1.807, 2.05) is 0 Å². The lowest BCUT2D eigenvalue weighted by Crippen LogP contribution is -2.46. The molecule has 20 heavy (non-hydrogen) atoms. The molecule has 0 amide bonds. The second-order valence-electron chi connectivity index (χ2n) is 7.12. The number of nitrogens with one attached hydrogen (secondary N) is 1. The first kappa shape index (κ1) is 16.7. The molecule has 2 N–H and O–H groups in total. The van der Waals surface area contributed by atoms with Crippen LogP contribution in [0.1, 0.15) is 56.9 Å². The first-order valence-electron chi connectivity index (χ1n) is 7.04. The summed E-state index contributed by atoms with van der Waals surface area (Å²) < 4.78 is 0. The number of hydrogen-bond donors (Lipinski definition) is 2. The largest absolute Gasteiger partial charge is 0.480 e. The summed E-state index contributed by atoms with van der Waals surface area (Å²) in [7, 11) is 0. The lowest BCUT2D eigenvalue weighted by atomic mass is 9.83. The van der Waals surface area contributed by atoms with Gasteiger partial charge in [-0.1, -0.05) is 32.9 Å². The molecule has 0 saturated carbocycles. The minimum Gasteiger partial charge on any atom is -0.480 e. The molecule has 1 rings (SSSR count). The minimum absolute atomic E-state index is 0.127. The highest BCUT2D eigenvalue weighted by Gasteiger charge is 2.26. The van der Waals surface area contributed by atoms with Crippen LogP contribution in [0.2, 0.25) is 0 Å². The van der Waals surface area contributed by atoms with Crippen LogP contribution in [0.25, 0.3) is 0 Å². The molecule has 0 radical (unpaired) electrons. The molecular formula is C17H27NO2. The number of aliphatic carboxylic acids is 1. The van der Waals surface area contributed by atoms with Crippen molar-refractivity contribution in [1.29, 1.82) is 0 Å². The Bertz CT molecular complexity index is 487. The molecule has 1 aromatic rings. The van der Waals surface area contributed by atoms with Gasteiger partial charge in [-0.05, 0) is 55.4 Å². The molecule has 0 aliphatic carbocycles. The fraction of sp³-hybridized carbons (Fsp3) is 0.588. The molecule has 0 heterocycles. The Morgan fingerprint density at radius 3 is 1.90 bits per heavy atom. The lowest BCUT2D eigenvalue weighted by molar-refractivity contribution is -0.143. The van der Waals surface area contributed by atoms with Crippen LogP contribution in [0.3, 0.4) is 0 Å². The van der Waals surface area contributed by atoms with E-state index in [1.165, 1.54) is 22.3 Å². The monoisotopic (exact) mass is 277 g/mol. The maximum atomic E-state index is 11.1. The van der Waals surface area contributed by atoms with E-state index in [1.54, 1.807) is 13.8 Å². The number of hydrogen-bond acceptors (Lipinski definition) is 2. The molecule has 0 fully saturated rings. The molecule has 0 bridgehead atoms. The third kappa shape index (κ3) is 3.83. The third-order valence-corrected chi connectivity index (χ3v) is 3.80. The number of carboxylic acids is 1. The van der Waals surface area contributed by atoms with Crippen LogP contribution >= 0.6 is 0 Å². The Labute approximate surface area is 122 Å². The van der Waals surface area contributed by atoms with Crippen LogP contribution in [0, 0.1) is 13.8 Å². The standard InChI is InChI=1S/C17H27NO2/c1-11-8-13(16(3,4)5)9-12(2)14(11)10-18-17(6,7)15(19)20/h8-9,18H,10H2,1-7H3,(H,19,20). The van der Waals surface area contributed by atoms with Crippen molar-refractivity contribution in [3.8, 4) is 0 Å². The second-order valence-corrected chi connectivity index (χ2v) is 7.12. The molecule has 0 atom stereocenters. The van der Waals surface area contributed by atoms with Gasteiger partial charge >= 0.3 is 5.97 Å². The summed E-state index contributed by atoms with van der Waals surface area (Å²) in [4.78, 5) is 11.1. The summed E-state index contributed by atoms with van der Waals surface area (Å²) in [6, 6.07) is 4.41. The quantitative estimate of drug-likeness (QED) is 0.884. The molecule has 112 valence electrons. The second kappa shape index (κ2) is 5.57. The van der Waals surface area contributed by atoms with E-state index in [2.05, 4.69) is 52.1 Å². The Hall–Kier alpha value is -1.35. The number of rotatable bonds is 4. The molecule has 0 saturated heterocycles. The molecule has 0 aliphatic rings. The van der Waals surface area contributed by atoms with Crippen LogP contribution in [-0.4, -0.2) is 16.6 Å². The van der Waals surface area contributed by atoms with E-state index in [0.29, 0.717) is 6.54 Å². The van der Waals surface area contributed by atoms with Gasteiger partial charge < -0.3 is 5.11 Å². The lowest BCUT2D eigenvalue weighted by Gasteiger charge is -2.25. The van der Waals surface area contributed by atoms with Gasteiger partial charge in [0.05, 0.1) is 0 Å². The van der Waals surface area contributed by atoms with E-state index >= 15 is 0 Å². The molecule has 0 aromatic heterocycles. The normalized spacial score (nSPS) is 12.6. The van der Waals surface area contributed by atoms with Crippen LogP contribution in [0.15, 0.2) is 12.1 Å². The summed E-state index contributed by atoms with van der Waals surface area (Å²) >= 11 is 0. The van der Waals surface area contributed by atoms with Crippen LogP contribution in [0.5, 0.6) is 0 Å². The minimum atomic E-state index is -0.915. The molecule has 3 heteroatoms. The zero-order valence-corrected chi connectivity index (χ0v) is 13.7. The van der Waals surface area contributed by atoms with Crippen molar-refractivity contribution in [2.24, 2.45) is 0 Å². The van der Waals surface area contributed by atoms with Crippen molar-refractivity contribution in [3.63, 3.8) is 0 Å². The first-order valence-corrected chi connectivity index (χ1v) is 7.04. The van der Waals surface area contributed by atoms with Crippen molar-refractivity contribution in [2.45, 2.75) is 66.0 Å². The Balaban J connectivity index is 3.02. The van der Waals surface area contributed by atoms with Crippen molar-refractivity contribution in [3.05, 3.63) is 34.4 Å². The predicted octanol–water partition coefficient (Wildman–Crippen LogP) is 3.55. The van der Waals surface area contributed by atoms with Gasteiger partial charge in [-0.15, -0.1) is 0 Å². The average molecular weight is 277 g/mol. The van der Waals surface area contributed by atoms with Crippen LogP contribution in [-0.2, 0) is 16.8 Å². The highest BCUT2D eigenvalue weighted by Crippen LogP contribution is 2.27. The fourth-order valence-corrected chi connectivity index (χ4v) is 2.09. The van der Waals surface area contributed by atoms with Crippen molar-refractivity contribution >= 4 is 5.97 Å². The third-order valence-electron chi connectivity index (χ3n) is 3.80. The molecule has 0 unspecified atom stereocenters. The van der Waals surface area contributed by atoms with Gasteiger partial charge in [0.2, 0.25) is 0 Å². The zero-order valence-electron chi connectivity index (χ0n) is 13.7. The number of benzene rings is 1. The summed E-state index contributed by atoms with van der Waals surface area (Å²) in [5, 5.41) is 12.3. The summed E-state index contributed by atoms with van der Waals surface area (Å²) in [6.45, 7) is 14.7. The van der Waals surface area contributed by atoms with Gasteiger partial charge in [-0.2, -0.15) is 0 Å². The smallest absolute Gasteiger partial charge is 0.323 e. The van der Waals surface area contributed by atoms with Gasteiger partial charge in [0.15, 0.2) is 0 Å². The van der Waals surface area contributed by atoms with Crippen molar-refractivity contribution in [1.82, 2.24) is 5.32 Å². The Kier molecular flexibility index (Phi) is 4.65. The molecule has 1 aromatic carbocycles. The van der Waals surface area contributed by atoms with Gasteiger partial charge in [-0.3, -0.25) is 10.1 Å². The topological polar surface area (TPSA) is 49.3 Å². The Morgan fingerprint density at radius 2 is 1.55 bits per heavy atom. The van der Waals surface area contributed by atoms with E-state index < -0.39 is 11.5 Å². The van der Waals surface area contributed by atoms with E-state index in [4.69, 9.17) is 5.11 Å².